The Bertz CT molecular complexity index is 1190. The highest BCUT2D eigenvalue weighted by Crippen LogP contribution is 2.33. The van der Waals surface area contributed by atoms with Crippen LogP contribution >= 0.6 is 0 Å². The molecule has 1 amide bonds. The van der Waals surface area contributed by atoms with Gasteiger partial charge in [0.2, 0.25) is 0 Å². The maximum Gasteiger partial charge on any atom is 0.256 e. The van der Waals surface area contributed by atoms with Crippen LogP contribution in [0.15, 0.2) is 23.4 Å². The number of nitrogens with one attached hydrogen (secondary N) is 3. The molecule has 1 atom stereocenters. The van der Waals surface area contributed by atoms with Crippen LogP contribution in [0.2, 0.25) is 0 Å². The second kappa shape index (κ2) is 9.12. The molecule has 1 aliphatic heterocycles. The third-order valence-corrected chi connectivity index (χ3v) is 6.49. The minimum Gasteiger partial charge on any atom is -0.496 e. The quantitative estimate of drug-likeness (QED) is 0.544. The number of hydrogen-bond donors (Lipinski definition) is 3. The summed E-state index contributed by atoms with van der Waals surface area (Å²) in [7, 11) is 1.51. The summed E-state index contributed by atoms with van der Waals surface area (Å²) in [6.45, 7) is 8.00. The van der Waals surface area contributed by atoms with Crippen molar-refractivity contribution in [3.05, 3.63) is 51.5 Å². The zero-order valence-electron chi connectivity index (χ0n) is 19.0. The molecule has 0 bridgehead atoms. The molecule has 4 rings (SSSR count). The number of carbonyl (C=O) groups is 1. The largest absolute Gasteiger partial charge is 0.496 e. The second-order valence-electron chi connectivity index (χ2n) is 8.43. The lowest BCUT2D eigenvalue weighted by Gasteiger charge is -2.30. The van der Waals surface area contributed by atoms with E-state index in [1.54, 1.807) is 19.2 Å². The van der Waals surface area contributed by atoms with Crippen molar-refractivity contribution in [1.82, 2.24) is 30.2 Å². The van der Waals surface area contributed by atoms with Crippen LogP contribution in [-0.4, -0.2) is 45.6 Å². The Hall–Kier alpha value is -3.20. The van der Waals surface area contributed by atoms with Crippen LogP contribution in [0.25, 0.3) is 11.0 Å². The molecule has 170 valence electrons. The first-order valence-electron chi connectivity index (χ1n) is 11.0. The Balaban J connectivity index is 1.67. The highest BCUT2D eigenvalue weighted by atomic mass is 16.5. The molecule has 32 heavy (non-hydrogen) atoms. The number of hydrogen-bond acceptors (Lipinski definition) is 6. The van der Waals surface area contributed by atoms with E-state index >= 15 is 0 Å². The van der Waals surface area contributed by atoms with Gasteiger partial charge < -0.3 is 24.9 Å². The van der Waals surface area contributed by atoms with E-state index in [-0.39, 0.29) is 24.1 Å². The number of piperidine rings is 1. The maximum atomic E-state index is 13.3. The summed E-state index contributed by atoms with van der Waals surface area (Å²) >= 11 is 0. The standard InChI is InChI=1S/C23H30N6O3/c1-13-9-19(32-4)17(22(30)28-13)11-26-23(31)20-15(3)29(21-18(20)10-25-12-27-21)14(2)16-5-7-24-8-6-16/h9-10,12,14,16,24H,5-8,11H2,1-4H3,(H,26,31)(H,28,30). The highest BCUT2D eigenvalue weighted by Gasteiger charge is 2.28. The van der Waals surface area contributed by atoms with E-state index in [1.165, 1.54) is 13.4 Å². The number of amides is 1. The van der Waals surface area contributed by atoms with Gasteiger partial charge in [0.15, 0.2) is 0 Å². The van der Waals surface area contributed by atoms with Crippen LogP contribution < -0.4 is 20.9 Å². The molecule has 1 unspecified atom stereocenters. The summed E-state index contributed by atoms with van der Waals surface area (Å²) in [4.78, 5) is 37.1. The average Bonchev–Trinajstić information content (AvgIpc) is 3.09. The van der Waals surface area contributed by atoms with Gasteiger partial charge in [-0.15, -0.1) is 0 Å². The Morgan fingerprint density at radius 1 is 1.34 bits per heavy atom. The van der Waals surface area contributed by atoms with Crippen molar-refractivity contribution in [2.75, 3.05) is 20.2 Å². The number of methoxy groups -OCH3 is 1. The zero-order valence-corrected chi connectivity index (χ0v) is 19.0. The van der Waals surface area contributed by atoms with Crippen LogP contribution in [-0.2, 0) is 6.54 Å². The summed E-state index contributed by atoms with van der Waals surface area (Å²) in [5.74, 6) is 0.695. The lowest BCUT2D eigenvalue weighted by Crippen LogP contribution is -2.32. The van der Waals surface area contributed by atoms with Crippen molar-refractivity contribution in [2.45, 2.75) is 46.2 Å². The average molecular weight is 439 g/mol. The first kappa shape index (κ1) is 22.0. The minimum absolute atomic E-state index is 0.0568. The van der Waals surface area contributed by atoms with Gasteiger partial charge >= 0.3 is 0 Å². The van der Waals surface area contributed by atoms with Gasteiger partial charge in [-0.1, -0.05) is 0 Å². The van der Waals surface area contributed by atoms with Gasteiger partial charge in [0, 0.05) is 23.6 Å². The van der Waals surface area contributed by atoms with Gasteiger partial charge in [-0.05, 0) is 58.7 Å². The predicted octanol–water partition coefficient (Wildman–Crippen LogP) is 2.24. The molecule has 1 aliphatic rings. The molecule has 0 spiro atoms. The topological polar surface area (TPSA) is 114 Å². The smallest absolute Gasteiger partial charge is 0.256 e. The van der Waals surface area contributed by atoms with E-state index in [0.29, 0.717) is 33.9 Å². The van der Waals surface area contributed by atoms with Gasteiger partial charge in [-0.3, -0.25) is 9.59 Å². The molecule has 1 fully saturated rings. The number of rotatable bonds is 6. The van der Waals surface area contributed by atoms with E-state index in [2.05, 4.69) is 37.1 Å². The molecule has 0 radical (unpaired) electrons. The summed E-state index contributed by atoms with van der Waals surface area (Å²) in [5.41, 5.74) is 2.97. The fraction of sp³-hybridized carbons (Fsp3) is 0.478. The van der Waals surface area contributed by atoms with Crippen molar-refractivity contribution in [3.8, 4) is 5.75 Å². The molecule has 3 aromatic heterocycles. The number of carbonyl (C=O) groups excluding carboxylic acids is 1. The third kappa shape index (κ3) is 4.00. The molecule has 3 aromatic rings. The third-order valence-electron chi connectivity index (χ3n) is 6.49. The number of pyridine rings is 1. The van der Waals surface area contributed by atoms with Crippen molar-refractivity contribution < 1.29 is 9.53 Å². The number of H-pyrrole nitrogens is 1. The first-order valence-corrected chi connectivity index (χ1v) is 11.0. The first-order chi connectivity index (χ1) is 15.4. The summed E-state index contributed by atoms with van der Waals surface area (Å²) in [6, 6.07) is 1.95. The van der Waals surface area contributed by atoms with Gasteiger partial charge in [0.1, 0.15) is 17.7 Å². The molecule has 3 N–H and O–H groups in total. The molecule has 9 heteroatoms. The van der Waals surface area contributed by atoms with Gasteiger partial charge in [-0.2, -0.15) is 0 Å². The summed E-state index contributed by atoms with van der Waals surface area (Å²) in [5, 5.41) is 7.02. The van der Waals surface area contributed by atoms with Crippen LogP contribution in [0.3, 0.4) is 0 Å². The Morgan fingerprint density at radius 3 is 2.81 bits per heavy atom. The van der Waals surface area contributed by atoms with Crippen molar-refractivity contribution in [1.29, 1.82) is 0 Å². The summed E-state index contributed by atoms with van der Waals surface area (Å²) in [6.07, 6.45) is 5.38. The number of ether oxygens (including phenoxy) is 1. The molecule has 0 aliphatic carbocycles. The number of fused-ring (bicyclic) bond motifs is 1. The summed E-state index contributed by atoms with van der Waals surface area (Å²) < 4.78 is 7.51. The van der Waals surface area contributed by atoms with E-state index in [4.69, 9.17) is 4.74 Å². The van der Waals surface area contributed by atoms with E-state index < -0.39 is 0 Å². The van der Waals surface area contributed by atoms with Gasteiger partial charge in [-0.25, -0.2) is 9.97 Å². The highest BCUT2D eigenvalue weighted by molar-refractivity contribution is 6.07. The molecule has 1 saturated heterocycles. The second-order valence-corrected chi connectivity index (χ2v) is 8.43. The molecular formula is C23H30N6O3. The Morgan fingerprint density at radius 2 is 2.09 bits per heavy atom. The van der Waals surface area contributed by atoms with Gasteiger partial charge in [0.05, 0.1) is 30.2 Å². The molecular weight excluding hydrogens is 408 g/mol. The SMILES string of the molecule is COc1cc(C)[nH]c(=O)c1CNC(=O)c1c(C)n(C(C)C2CCNCC2)c2ncncc12. The van der Waals surface area contributed by atoms with E-state index in [1.807, 2.05) is 6.92 Å². The Kier molecular flexibility index (Phi) is 6.27. The van der Waals surface area contributed by atoms with Crippen LogP contribution in [0.5, 0.6) is 5.75 Å². The van der Waals surface area contributed by atoms with E-state index in [9.17, 15) is 9.59 Å². The molecule has 4 heterocycles. The molecule has 0 saturated carbocycles. The number of aromatic nitrogens is 4. The fourth-order valence-corrected chi connectivity index (χ4v) is 4.78. The minimum atomic E-state index is -0.274. The van der Waals surface area contributed by atoms with Crippen molar-refractivity contribution in [2.24, 2.45) is 5.92 Å². The number of aryl methyl sites for hydroxylation is 1. The van der Waals surface area contributed by atoms with Crippen LogP contribution in [0.4, 0.5) is 0 Å². The van der Waals surface area contributed by atoms with Crippen molar-refractivity contribution in [3.63, 3.8) is 0 Å². The normalized spacial score (nSPS) is 15.6. The fourth-order valence-electron chi connectivity index (χ4n) is 4.78. The number of aromatic amines is 1. The Labute approximate surface area is 186 Å². The van der Waals surface area contributed by atoms with Crippen LogP contribution in [0.1, 0.15) is 53.1 Å². The lowest BCUT2D eigenvalue weighted by atomic mass is 9.91. The predicted molar refractivity (Wildman–Crippen MR) is 122 cm³/mol. The number of nitrogens with zero attached hydrogens (tertiary/aromatic N) is 3. The van der Waals surface area contributed by atoms with E-state index in [0.717, 1.165) is 37.3 Å². The lowest BCUT2D eigenvalue weighted by molar-refractivity contribution is 0.0951. The zero-order chi connectivity index (χ0) is 22.8. The van der Waals surface area contributed by atoms with Gasteiger partial charge in [0.25, 0.3) is 11.5 Å². The molecule has 9 nitrogen and oxygen atoms in total. The molecule has 0 aromatic carbocycles. The monoisotopic (exact) mass is 438 g/mol. The van der Waals surface area contributed by atoms with Crippen molar-refractivity contribution >= 4 is 16.9 Å². The van der Waals surface area contributed by atoms with Crippen LogP contribution in [0, 0.1) is 19.8 Å². The maximum absolute atomic E-state index is 13.3.